The van der Waals surface area contributed by atoms with E-state index in [-0.39, 0.29) is 6.61 Å². The lowest BCUT2D eigenvalue weighted by atomic mass is 10.1. The van der Waals surface area contributed by atoms with Gasteiger partial charge in [0.1, 0.15) is 12.2 Å². The van der Waals surface area contributed by atoms with Crippen molar-refractivity contribution in [3.63, 3.8) is 0 Å². The molecular weight excluding hydrogens is 232 g/mol. The number of carbonyl (C=O) groups is 1. The molecule has 0 unspecified atom stereocenters. The molecule has 1 heterocycles. The molecule has 1 aliphatic rings. The van der Waals surface area contributed by atoms with Gasteiger partial charge in [-0.2, -0.15) is 0 Å². The summed E-state index contributed by atoms with van der Waals surface area (Å²) in [5.41, 5.74) is 3.65. The molecule has 1 aliphatic heterocycles. The van der Waals surface area contributed by atoms with Crippen LogP contribution in [0.1, 0.15) is 5.56 Å². The minimum atomic E-state index is -0.477. The van der Waals surface area contributed by atoms with Gasteiger partial charge in [0.15, 0.2) is 6.29 Å². The van der Waals surface area contributed by atoms with Crippen LogP contribution in [0.25, 0.3) is 5.57 Å². The molecule has 0 spiro atoms. The fourth-order valence-electron chi connectivity index (χ4n) is 1.62. The van der Waals surface area contributed by atoms with E-state index >= 15 is 0 Å². The van der Waals surface area contributed by atoms with E-state index in [0.717, 1.165) is 5.56 Å². The third kappa shape index (κ3) is 3.08. The van der Waals surface area contributed by atoms with E-state index in [4.69, 9.17) is 14.2 Å². The first kappa shape index (κ1) is 12.6. The van der Waals surface area contributed by atoms with Gasteiger partial charge in [-0.25, -0.2) is 4.79 Å². The zero-order valence-electron chi connectivity index (χ0n) is 9.93. The predicted molar refractivity (Wildman–Crippen MR) is 65.6 cm³/mol. The Hall–Kier alpha value is -1.87. The first-order chi connectivity index (χ1) is 8.81. The van der Waals surface area contributed by atoms with Gasteiger partial charge in [0.25, 0.3) is 0 Å². The summed E-state index contributed by atoms with van der Waals surface area (Å²) >= 11 is 0. The molecule has 0 bridgehead atoms. The fourth-order valence-corrected chi connectivity index (χ4v) is 1.62. The number of hydrogen-bond donors (Lipinski definition) is 0. The first-order valence-corrected chi connectivity index (χ1v) is 5.67. The van der Waals surface area contributed by atoms with Crippen LogP contribution >= 0.6 is 0 Å². The van der Waals surface area contributed by atoms with E-state index in [1.165, 1.54) is 0 Å². The van der Waals surface area contributed by atoms with Crippen LogP contribution < -0.4 is 0 Å². The molecule has 1 saturated heterocycles. The summed E-state index contributed by atoms with van der Waals surface area (Å²) in [6, 6.07) is 9.15. The maximum absolute atomic E-state index is 11.9. The van der Waals surface area contributed by atoms with Crippen molar-refractivity contribution in [2.24, 2.45) is 0 Å². The first-order valence-electron chi connectivity index (χ1n) is 5.67. The van der Waals surface area contributed by atoms with Crippen LogP contribution in [-0.4, -0.2) is 32.1 Å². The van der Waals surface area contributed by atoms with Gasteiger partial charge in [0.2, 0.25) is 0 Å². The smallest absolute Gasteiger partial charge is 0.346 e. The normalized spacial score (nSPS) is 15.1. The SMILES string of the molecule is C=C=C(C(=O)OCC1OCCO1)c1ccccc1. The second-order valence-electron chi connectivity index (χ2n) is 3.69. The Balaban J connectivity index is 1.96. The summed E-state index contributed by atoms with van der Waals surface area (Å²) in [5, 5.41) is 0. The zero-order valence-corrected chi connectivity index (χ0v) is 9.93. The summed E-state index contributed by atoms with van der Waals surface area (Å²) in [7, 11) is 0. The maximum Gasteiger partial charge on any atom is 0.346 e. The van der Waals surface area contributed by atoms with Gasteiger partial charge in [0.05, 0.1) is 13.2 Å². The quantitative estimate of drug-likeness (QED) is 0.461. The average Bonchev–Trinajstić information content (AvgIpc) is 2.92. The fraction of sp³-hybridized carbons (Fsp3) is 0.286. The van der Waals surface area contributed by atoms with Gasteiger partial charge >= 0.3 is 5.97 Å². The molecule has 0 radical (unpaired) electrons. The molecular formula is C14H14O4. The minimum absolute atomic E-state index is 0.0802. The second-order valence-corrected chi connectivity index (χ2v) is 3.69. The Bertz CT molecular complexity index is 454. The Morgan fingerprint density at radius 2 is 2.00 bits per heavy atom. The van der Waals surface area contributed by atoms with Crippen molar-refractivity contribution in [3.05, 3.63) is 48.2 Å². The Kier molecular flexibility index (Phi) is 4.31. The molecule has 0 saturated carbocycles. The predicted octanol–water partition coefficient (Wildman–Crippen LogP) is 1.77. The topological polar surface area (TPSA) is 44.8 Å². The van der Waals surface area contributed by atoms with Crippen LogP contribution in [0.4, 0.5) is 0 Å². The lowest BCUT2D eigenvalue weighted by Crippen LogP contribution is -2.19. The number of esters is 1. The number of hydrogen-bond acceptors (Lipinski definition) is 4. The highest BCUT2D eigenvalue weighted by Gasteiger charge is 2.20. The summed E-state index contributed by atoms with van der Waals surface area (Å²) in [5.74, 6) is -0.477. The third-order valence-corrected chi connectivity index (χ3v) is 2.48. The lowest BCUT2D eigenvalue weighted by Gasteiger charge is -2.10. The number of benzene rings is 1. The number of rotatable bonds is 4. The molecule has 4 heteroatoms. The van der Waals surface area contributed by atoms with Crippen molar-refractivity contribution >= 4 is 11.5 Å². The molecule has 18 heavy (non-hydrogen) atoms. The van der Waals surface area contributed by atoms with Crippen molar-refractivity contribution in [3.8, 4) is 0 Å². The van der Waals surface area contributed by atoms with E-state index < -0.39 is 12.3 Å². The summed E-state index contributed by atoms with van der Waals surface area (Å²) in [6.07, 6.45) is -0.462. The van der Waals surface area contributed by atoms with Crippen LogP contribution in [-0.2, 0) is 19.0 Å². The highest BCUT2D eigenvalue weighted by Crippen LogP contribution is 2.15. The molecule has 2 rings (SSSR count). The van der Waals surface area contributed by atoms with Crippen LogP contribution in [0, 0.1) is 0 Å². The highest BCUT2D eigenvalue weighted by molar-refractivity contribution is 6.16. The second kappa shape index (κ2) is 6.17. The van der Waals surface area contributed by atoms with Gasteiger partial charge in [-0.3, -0.25) is 0 Å². The maximum atomic E-state index is 11.9. The Morgan fingerprint density at radius 1 is 1.33 bits per heavy atom. The van der Waals surface area contributed by atoms with Gasteiger partial charge < -0.3 is 14.2 Å². The molecule has 0 N–H and O–H groups in total. The molecule has 94 valence electrons. The minimum Gasteiger partial charge on any atom is -0.456 e. The number of ether oxygens (including phenoxy) is 3. The van der Waals surface area contributed by atoms with Crippen molar-refractivity contribution in [1.29, 1.82) is 0 Å². The van der Waals surface area contributed by atoms with Crippen LogP contribution in [0.15, 0.2) is 42.6 Å². The standard InChI is InChI=1S/C14H14O4/c1-2-12(11-6-4-3-5-7-11)14(15)18-10-13-16-8-9-17-13/h3-7,13H,1,8-10H2. The van der Waals surface area contributed by atoms with Crippen molar-refractivity contribution in [2.75, 3.05) is 19.8 Å². The zero-order chi connectivity index (χ0) is 12.8. The highest BCUT2D eigenvalue weighted by atomic mass is 16.7. The molecule has 0 amide bonds. The molecule has 0 aliphatic carbocycles. The van der Waals surface area contributed by atoms with E-state index in [0.29, 0.717) is 18.8 Å². The Labute approximate surface area is 105 Å². The van der Waals surface area contributed by atoms with Crippen molar-refractivity contribution < 1.29 is 19.0 Å². The molecule has 0 aromatic heterocycles. The van der Waals surface area contributed by atoms with Gasteiger partial charge in [0, 0.05) is 0 Å². The summed E-state index contributed by atoms with van der Waals surface area (Å²) < 4.78 is 15.5. The van der Waals surface area contributed by atoms with E-state index in [1.54, 1.807) is 12.1 Å². The molecule has 1 aromatic rings. The van der Waals surface area contributed by atoms with Crippen LogP contribution in [0.2, 0.25) is 0 Å². The molecule has 1 aromatic carbocycles. The van der Waals surface area contributed by atoms with Crippen molar-refractivity contribution in [2.45, 2.75) is 6.29 Å². The lowest BCUT2D eigenvalue weighted by molar-refractivity contribution is -0.149. The van der Waals surface area contributed by atoms with Gasteiger partial charge in [-0.05, 0) is 5.56 Å². The van der Waals surface area contributed by atoms with Crippen LogP contribution in [0.5, 0.6) is 0 Å². The van der Waals surface area contributed by atoms with Crippen molar-refractivity contribution in [1.82, 2.24) is 0 Å². The number of carbonyl (C=O) groups excluding carboxylic acids is 1. The average molecular weight is 246 g/mol. The summed E-state index contributed by atoms with van der Waals surface area (Å²) in [6.45, 7) is 4.66. The van der Waals surface area contributed by atoms with E-state index in [1.807, 2.05) is 18.2 Å². The monoisotopic (exact) mass is 246 g/mol. The van der Waals surface area contributed by atoms with E-state index in [2.05, 4.69) is 12.3 Å². The molecule has 4 nitrogen and oxygen atoms in total. The molecule has 0 atom stereocenters. The third-order valence-electron chi connectivity index (χ3n) is 2.48. The van der Waals surface area contributed by atoms with Crippen LogP contribution in [0.3, 0.4) is 0 Å². The van der Waals surface area contributed by atoms with E-state index in [9.17, 15) is 4.79 Å². The molecule has 1 fully saturated rings. The Morgan fingerprint density at radius 3 is 2.61 bits per heavy atom. The van der Waals surface area contributed by atoms with Gasteiger partial charge in [-0.15, -0.1) is 5.73 Å². The van der Waals surface area contributed by atoms with Gasteiger partial charge in [-0.1, -0.05) is 36.9 Å². The summed E-state index contributed by atoms with van der Waals surface area (Å²) in [4.78, 5) is 11.9. The largest absolute Gasteiger partial charge is 0.456 e.